The number of alkyl carbamates (subject to hydrolysis) is 1. The molecule has 0 bridgehead atoms. The second kappa shape index (κ2) is 5.69. The lowest BCUT2D eigenvalue weighted by Gasteiger charge is -2.04. The predicted molar refractivity (Wildman–Crippen MR) is 57.0 cm³/mol. The Labute approximate surface area is 92.4 Å². The average Bonchev–Trinajstić information content (AvgIpc) is 2.27. The fourth-order valence-corrected chi connectivity index (χ4v) is 1.06. The van der Waals surface area contributed by atoms with E-state index in [1.807, 2.05) is 0 Å². The summed E-state index contributed by atoms with van der Waals surface area (Å²) in [6.45, 7) is 2.38. The van der Waals surface area contributed by atoms with Gasteiger partial charge in [-0.15, -0.1) is 0 Å². The molecule has 6 heteroatoms. The number of non-ortho nitro benzene ring substituents is 1. The van der Waals surface area contributed by atoms with Crippen LogP contribution in [0.1, 0.15) is 12.5 Å². The fraction of sp³-hybridized carbons (Fsp3) is 0.300. The lowest BCUT2D eigenvalue weighted by molar-refractivity contribution is -0.384. The van der Waals surface area contributed by atoms with Gasteiger partial charge in [0.25, 0.3) is 5.69 Å². The van der Waals surface area contributed by atoms with Crippen LogP contribution >= 0.6 is 0 Å². The van der Waals surface area contributed by atoms with Crippen molar-refractivity contribution in [2.75, 3.05) is 6.54 Å². The Bertz CT molecular complexity index is 375. The van der Waals surface area contributed by atoms with E-state index in [0.717, 1.165) is 0 Å². The van der Waals surface area contributed by atoms with E-state index < -0.39 is 11.0 Å². The molecule has 0 heterocycles. The maximum atomic E-state index is 10.9. The van der Waals surface area contributed by atoms with Gasteiger partial charge >= 0.3 is 6.09 Å². The molecule has 0 aliphatic rings. The molecular weight excluding hydrogens is 212 g/mol. The zero-order valence-corrected chi connectivity index (χ0v) is 8.80. The number of nitro groups is 1. The third-order valence-corrected chi connectivity index (χ3v) is 1.84. The lowest BCUT2D eigenvalue weighted by atomic mass is 10.2. The van der Waals surface area contributed by atoms with Crippen LogP contribution in [0.4, 0.5) is 10.5 Å². The molecule has 0 atom stereocenters. The zero-order valence-electron chi connectivity index (χ0n) is 8.80. The number of ether oxygens (including phenoxy) is 1. The maximum Gasteiger partial charge on any atom is 0.407 e. The van der Waals surface area contributed by atoms with Crippen molar-refractivity contribution in [2.24, 2.45) is 0 Å². The molecule has 1 N–H and O–H groups in total. The first-order chi connectivity index (χ1) is 7.63. The van der Waals surface area contributed by atoms with Crippen LogP contribution in [0.2, 0.25) is 0 Å². The first-order valence-electron chi connectivity index (χ1n) is 4.77. The van der Waals surface area contributed by atoms with E-state index >= 15 is 0 Å². The minimum atomic E-state index is -0.499. The minimum absolute atomic E-state index is 0.0155. The van der Waals surface area contributed by atoms with E-state index in [1.54, 1.807) is 19.1 Å². The van der Waals surface area contributed by atoms with Crippen LogP contribution in [-0.2, 0) is 11.3 Å². The third kappa shape index (κ3) is 3.56. The number of nitro benzene ring substituents is 1. The number of hydrogen-bond donors (Lipinski definition) is 1. The van der Waals surface area contributed by atoms with Crippen LogP contribution in [0.5, 0.6) is 0 Å². The quantitative estimate of drug-likeness (QED) is 0.625. The molecule has 16 heavy (non-hydrogen) atoms. The van der Waals surface area contributed by atoms with E-state index in [4.69, 9.17) is 4.74 Å². The Kier molecular flexibility index (Phi) is 4.26. The average molecular weight is 224 g/mol. The Morgan fingerprint density at radius 3 is 2.56 bits per heavy atom. The molecule has 1 aromatic rings. The first-order valence-corrected chi connectivity index (χ1v) is 4.77. The molecular formula is C10H12N2O4. The smallest absolute Gasteiger partial charge is 0.407 e. The zero-order chi connectivity index (χ0) is 12.0. The highest BCUT2D eigenvalue weighted by atomic mass is 16.6. The van der Waals surface area contributed by atoms with E-state index in [9.17, 15) is 14.9 Å². The van der Waals surface area contributed by atoms with Gasteiger partial charge in [-0.25, -0.2) is 4.79 Å². The lowest BCUT2D eigenvalue weighted by Crippen LogP contribution is -2.23. The molecule has 0 aromatic heterocycles. The number of carbonyl (C=O) groups excluding carboxylic acids is 1. The first kappa shape index (κ1) is 12.0. The summed E-state index contributed by atoms with van der Waals surface area (Å²) in [5.74, 6) is 0. The highest BCUT2D eigenvalue weighted by Crippen LogP contribution is 2.12. The van der Waals surface area contributed by atoms with Crippen molar-refractivity contribution in [3.63, 3.8) is 0 Å². The van der Waals surface area contributed by atoms with Gasteiger partial charge in [0.05, 0.1) is 4.92 Å². The van der Waals surface area contributed by atoms with Crippen molar-refractivity contribution in [1.29, 1.82) is 0 Å². The second-order valence-electron chi connectivity index (χ2n) is 3.03. The number of carbonyl (C=O) groups is 1. The van der Waals surface area contributed by atoms with Crippen molar-refractivity contribution in [2.45, 2.75) is 13.5 Å². The van der Waals surface area contributed by atoms with Crippen LogP contribution in [0.15, 0.2) is 24.3 Å². The summed E-state index contributed by atoms with van der Waals surface area (Å²) in [6, 6.07) is 5.85. The SMILES string of the molecule is CCNC(=O)OCc1ccc([N+](=O)[O-])cc1. The largest absolute Gasteiger partial charge is 0.445 e. The molecule has 0 saturated carbocycles. The molecule has 6 nitrogen and oxygen atoms in total. The molecule has 0 radical (unpaired) electrons. The highest BCUT2D eigenvalue weighted by molar-refractivity contribution is 5.67. The van der Waals surface area contributed by atoms with E-state index in [2.05, 4.69) is 5.32 Å². The Morgan fingerprint density at radius 1 is 1.44 bits per heavy atom. The highest BCUT2D eigenvalue weighted by Gasteiger charge is 2.05. The van der Waals surface area contributed by atoms with Gasteiger partial charge < -0.3 is 10.1 Å². The molecule has 1 amide bonds. The van der Waals surface area contributed by atoms with Crippen molar-refractivity contribution in [3.05, 3.63) is 39.9 Å². The number of benzene rings is 1. The van der Waals surface area contributed by atoms with Crippen molar-refractivity contribution >= 4 is 11.8 Å². The molecule has 0 fully saturated rings. The van der Waals surface area contributed by atoms with Gasteiger partial charge in [0.2, 0.25) is 0 Å². The Morgan fingerprint density at radius 2 is 2.06 bits per heavy atom. The molecule has 0 saturated heterocycles. The molecule has 86 valence electrons. The van der Waals surface area contributed by atoms with Gasteiger partial charge in [-0.05, 0) is 24.6 Å². The monoisotopic (exact) mass is 224 g/mol. The van der Waals surface area contributed by atoms with Crippen molar-refractivity contribution < 1.29 is 14.5 Å². The summed E-state index contributed by atoms with van der Waals surface area (Å²) in [7, 11) is 0. The summed E-state index contributed by atoms with van der Waals surface area (Å²) in [6.07, 6.45) is -0.499. The standard InChI is InChI=1S/C10H12N2O4/c1-2-11-10(13)16-7-8-3-5-9(6-4-8)12(14)15/h3-6H,2,7H2,1H3,(H,11,13). The molecule has 0 aliphatic carbocycles. The van der Waals surface area contributed by atoms with Gasteiger partial charge in [-0.1, -0.05) is 0 Å². The van der Waals surface area contributed by atoms with E-state index in [1.165, 1.54) is 12.1 Å². The second-order valence-corrected chi connectivity index (χ2v) is 3.03. The van der Waals surface area contributed by atoms with Gasteiger partial charge in [0.15, 0.2) is 0 Å². The summed E-state index contributed by atoms with van der Waals surface area (Å²) in [4.78, 5) is 20.8. The number of hydrogen-bond acceptors (Lipinski definition) is 4. The Hall–Kier alpha value is -2.11. The van der Waals surface area contributed by atoms with Crippen molar-refractivity contribution in [1.82, 2.24) is 5.32 Å². The summed E-state index contributed by atoms with van der Waals surface area (Å²) in [5.41, 5.74) is 0.721. The van der Waals surface area contributed by atoms with Crippen molar-refractivity contribution in [3.8, 4) is 0 Å². The number of rotatable bonds is 4. The van der Waals surface area contributed by atoms with E-state index in [-0.39, 0.29) is 12.3 Å². The van der Waals surface area contributed by atoms with E-state index in [0.29, 0.717) is 12.1 Å². The maximum absolute atomic E-state index is 10.9. The molecule has 0 unspecified atom stereocenters. The Balaban J connectivity index is 2.49. The molecule has 0 spiro atoms. The normalized spacial score (nSPS) is 9.56. The number of nitrogens with one attached hydrogen (secondary N) is 1. The summed E-state index contributed by atoms with van der Waals surface area (Å²) in [5, 5.41) is 12.8. The van der Waals surface area contributed by atoms with Crippen LogP contribution in [-0.4, -0.2) is 17.6 Å². The number of nitrogens with zero attached hydrogens (tertiary/aromatic N) is 1. The van der Waals surface area contributed by atoms with Gasteiger partial charge in [0.1, 0.15) is 6.61 Å². The van der Waals surface area contributed by atoms with Crippen LogP contribution in [0, 0.1) is 10.1 Å². The minimum Gasteiger partial charge on any atom is -0.445 e. The van der Waals surface area contributed by atoms with Crippen LogP contribution in [0.25, 0.3) is 0 Å². The molecule has 1 aromatic carbocycles. The summed E-state index contributed by atoms with van der Waals surface area (Å²) < 4.78 is 4.85. The van der Waals surface area contributed by atoms with Gasteiger partial charge in [-0.2, -0.15) is 0 Å². The topological polar surface area (TPSA) is 81.5 Å². The van der Waals surface area contributed by atoms with Gasteiger partial charge in [0, 0.05) is 18.7 Å². The predicted octanol–water partition coefficient (Wildman–Crippen LogP) is 1.84. The fourth-order valence-electron chi connectivity index (χ4n) is 1.06. The number of amides is 1. The summed E-state index contributed by atoms with van der Waals surface area (Å²) >= 11 is 0. The van der Waals surface area contributed by atoms with Crippen LogP contribution in [0.3, 0.4) is 0 Å². The molecule has 0 aliphatic heterocycles. The molecule has 1 rings (SSSR count). The third-order valence-electron chi connectivity index (χ3n) is 1.84. The van der Waals surface area contributed by atoms with Crippen LogP contribution < -0.4 is 5.32 Å². The van der Waals surface area contributed by atoms with Gasteiger partial charge in [-0.3, -0.25) is 10.1 Å².